The zero-order chi connectivity index (χ0) is 12.2. The number of rotatable bonds is 0. The minimum absolute atomic E-state index is 0.544. The van der Waals surface area contributed by atoms with Crippen LogP contribution in [0.5, 0.6) is 0 Å². The summed E-state index contributed by atoms with van der Waals surface area (Å²) in [6, 6.07) is 7.79. The third-order valence-electron chi connectivity index (χ3n) is 3.13. The van der Waals surface area contributed by atoms with Gasteiger partial charge >= 0.3 is 0 Å². The summed E-state index contributed by atoms with van der Waals surface area (Å²) in [5, 5.41) is 2.96. The zero-order valence-electron chi connectivity index (χ0n) is 9.66. The van der Waals surface area contributed by atoms with Crippen LogP contribution in [-0.2, 0) is 7.05 Å². The van der Waals surface area contributed by atoms with E-state index in [1.54, 1.807) is 0 Å². The molecule has 0 spiro atoms. The van der Waals surface area contributed by atoms with Crippen LogP contribution >= 0.6 is 11.6 Å². The molecule has 3 aromatic rings. The lowest BCUT2D eigenvalue weighted by atomic mass is 10.1. The van der Waals surface area contributed by atoms with Crippen molar-refractivity contribution in [3.05, 3.63) is 35.0 Å². The van der Waals surface area contributed by atoms with Crippen molar-refractivity contribution in [1.82, 2.24) is 9.55 Å². The highest BCUT2D eigenvalue weighted by Crippen LogP contribution is 2.32. The number of benzene rings is 1. The van der Waals surface area contributed by atoms with E-state index in [9.17, 15) is 0 Å². The summed E-state index contributed by atoms with van der Waals surface area (Å²) in [5.41, 5.74) is 9.00. The van der Waals surface area contributed by atoms with Crippen LogP contribution in [0.4, 0.5) is 5.82 Å². The van der Waals surface area contributed by atoms with Gasteiger partial charge in [0.1, 0.15) is 5.82 Å². The molecule has 17 heavy (non-hydrogen) atoms. The molecule has 0 bridgehead atoms. The number of hydrogen-bond acceptors (Lipinski definition) is 2. The molecule has 0 atom stereocenters. The molecule has 0 saturated carbocycles. The normalized spacial score (nSPS) is 11.5. The van der Waals surface area contributed by atoms with Crippen LogP contribution in [0.2, 0.25) is 5.02 Å². The second kappa shape index (κ2) is 3.37. The summed E-state index contributed by atoms with van der Waals surface area (Å²) in [6.07, 6.45) is 0. The van der Waals surface area contributed by atoms with Crippen molar-refractivity contribution in [2.45, 2.75) is 6.92 Å². The first kappa shape index (κ1) is 10.4. The number of nitrogen functional groups attached to an aromatic ring is 1. The molecule has 2 heterocycles. The fraction of sp³-hybridized carbons (Fsp3) is 0.154. The molecule has 2 aromatic heterocycles. The molecule has 0 aliphatic carbocycles. The Morgan fingerprint density at radius 2 is 2.00 bits per heavy atom. The van der Waals surface area contributed by atoms with Crippen molar-refractivity contribution in [3.63, 3.8) is 0 Å². The number of hydrogen-bond donors (Lipinski definition) is 1. The monoisotopic (exact) mass is 245 g/mol. The van der Waals surface area contributed by atoms with Gasteiger partial charge in [-0.05, 0) is 31.2 Å². The van der Waals surface area contributed by atoms with Gasteiger partial charge in [0.05, 0.1) is 11.2 Å². The first-order valence-corrected chi connectivity index (χ1v) is 5.76. The van der Waals surface area contributed by atoms with Crippen molar-refractivity contribution in [3.8, 4) is 0 Å². The number of aromatic nitrogens is 2. The maximum Gasteiger partial charge on any atom is 0.124 e. The minimum Gasteiger partial charge on any atom is -0.384 e. The van der Waals surface area contributed by atoms with Crippen molar-refractivity contribution >= 4 is 39.2 Å². The second-order valence-electron chi connectivity index (χ2n) is 4.25. The van der Waals surface area contributed by atoms with E-state index in [1.807, 2.05) is 38.2 Å². The maximum atomic E-state index is 6.05. The Kier molecular flexibility index (Phi) is 2.07. The molecule has 0 radical (unpaired) electrons. The molecule has 0 amide bonds. The SMILES string of the molecule is Cc1nc(N)cc2c3cc(Cl)ccc3n(C)c12. The predicted octanol–water partition coefficient (Wildman–Crippen LogP) is 3.27. The average molecular weight is 246 g/mol. The summed E-state index contributed by atoms with van der Waals surface area (Å²) in [6.45, 7) is 1.97. The Balaban J connectivity index is 2.64. The van der Waals surface area contributed by atoms with E-state index in [1.165, 1.54) is 0 Å². The number of nitrogens with two attached hydrogens (primary N) is 1. The van der Waals surface area contributed by atoms with Gasteiger partial charge in [-0.2, -0.15) is 0 Å². The zero-order valence-corrected chi connectivity index (χ0v) is 10.4. The number of aryl methyl sites for hydroxylation is 2. The Bertz CT molecular complexity index is 743. The Morgan fingerprint density at radius 1 is 1.24 bits per heavy atom. The lowest BCUT2D eigenvalue weighted by molar-refractivity contribution is 0.998. The topological polar surface area (TPSA) is 43.8 Å². The summed E-state index contributed by atoms with van der Waals surface area (Å²) in [5.74, 6) is 0.544. The molecule has 0 fully saturated rings. The van der Waals surface area contributed by atoms with Crippen LogP contribution in [0, 0.1) is 6.92 Å². The molecule has 0 aliphatic heterocycles. The summed E-state index contributed by atoms with van der Waals surface area (Å²) < 4.78 is 2.13. The number of halogens is 1. The van der Waals surface area contributed by atoms with E-state index in [-0.39, 0.29) is 0 Å². The van der Waals surface area contributed by atoms with E-state index in [0.717, 1.165) is 32.5 Å². The Morgan fingerprint density at radius 3 is 2.76 bits per heavy atom. The molecule has 0 aliphatic rings. The van der Waals surface area contributed by atoms with Gasteiger partial charge in [0.25, 0.3) is 0 Å². The molecule has 86 valence electrons. The van der Waals surface area contributed by atoms with Gasteiger partial charge in [-0.1, -0.05) is 11.6 Å². The number of fused-ring (bicyclic) bond motifs is 3. The molecule has 1 aromatic carbocycles. The van der Waals surface area contributed by atoms with Gasteiger partial charge in [-0.15, -0.1) is 0 Å². The quantitative estimate of drug-likeness (QED) is 0.661. The fourth-order valence-corrected chi connectivity index (χ4v) is 2.63. The molecule has 4 heteroatoms. The number of anilines is 1. The van der Waals surface area contributed by atoms with Gasteiger partial charge in [0, 0.05) is 28.4 Å². The van der Waals surface area contributed by atoms with E-state index >= 15 is 0 Å². The lowest BCUT2D eigenvalue weighted by Gasteiger charge is -2.01. The molecule has 0 unspecified atom stereocenters. The van der Waals surface area contributed by atoms with Crippen LogP contribution in [0.3, 0.4) is 0 Å². The predicted molar refractivity (Wildman–Crippen MR) is 72.4 cm³/mol. The minimum atomic E-state index is 0.544. The van der Waals surface area contributed by atoms with E-state index < -0.39 is 0 Å². The molecule has 3 rings (SSSR count). The van der Waals surface area contributed by atoms with Crippen molar-refractivity contribution < 1.29 is 0 Å². The maximum absolute atomic E-state index is 6.05. The van der Waals surface area contributed by atoms with Gasteiger partial charge in [-0.25, -0.2) is 4.98 Å². The van der Waals surface area contributed by atoms with E-state index in [0.29, 0.717) is 5.82 Å². The highest BCUT2D eigenvalue weighted by Gasteiger charge is 2.11. The van der Waals surface area contributed by atoms with Gasteiger partial charge in [0.2, 0.25) is 0 Å². The van der Waals surface area contributed by atoms with E-state index in [4.69, 9.17) is 17.3 Å². The molecular weight excluding hydrogens is 234 g/mol. The van der Waals surface area contributed by atoms with Crippen molar-refractivity contribution in [2.24, 2.45) is 7.05 Å². The molecular formula is C13H12ClN3. The largest absolute Gasteiger partial charge is 0.384 e. The first-order valence-electron chi connectivity index (χ1n) is 5.38. The van der Waals surface area contributed by atoms with Crippen molar-refractivity contribution in [2.75, 3.05) is 5.73 Å². The van der Waals surface area contributed by atoms with Crippen LogP contribution in [0.1, 0.15) is 5.69 Å². The summed E-state index contributed by atoms with van der Waals surface area (Å²) in [4.78, 5) is 4.30. The average Bonchev–Trinajstić information content (AvgIpc) is 2.52. The van der Waals surface area contributed by atoms with Crippen LogP contribution < -0.4 is 5.73 Å². The second-order valence-corrected chi connectivity index (χ2v) is 4.69. The van der Waals surface area contributed by atoms with Crippen LogP contribution in [0.25, 0.3) is 21.8 Å². The third kappa shape index (κ3) is 1.39. The van der Waals surface area contributed by atoms with E-state index in [2.05, 4.69) is 9.55 Å². The Labute approximate surface area is 104 Å². The fourth-order valence-electron chi connectivity index (χ4n) is 2.46. The number of nitrogens with zero attached hydrogens (tertiary/aromatic N) is 2. The van der Waals surface area contributed by atoms with Crippen LogP contribution in [0.15, 0.2) is 24.3 Å². The third-order valence-corrected chi connectivity index (χ3v) is 3.37. The van der Waals surface area contributed by atoms with Gasteiger partial charge < -0.3 is 10.3 Å². The smallest absolute Gasteiger partial charge is 0.124 e. The van der Waals surface area contributed by atoms with Gasteiger partial charge in [-0.3, -0.25) is 0 Å². The summed E-state index contributed by atoms with van der Waals surface area (Å²) in [7, 11) is 2.03. The van der Waals surface area contributed by atoms with Crippen LogP contribution in [-0.4, -0.2) is 9.55 Å². The van der Waals surface area contributed by atoms with Gasteiger partial charge in [0.15, 0.2) is 0 Å². The highest BCUT2D eigenvalue weighted by atomic mass is 35.5. The molecule has 0 saturated heterocycles. The lowest BCUT2D eigenvalue weighted by Crippen LogP contribution is -1.95. The Hall–Kier alpha value is -1.74. The molecule has 2 N–H and O–H groups in total. The summed E-state index contributed by atoms with van der Waals surface area (Å²) >= 11 is 6.05. The number of pyridine rings is 1. The van der Waals surface area contributed by atoms with Crippen molar-refractivity contribution in [1.29, 1.82) is 0 Å². The first-order chi connectivity index (χ1) is 8.08. The molecule has 3 nitrogen and oxygen atoms in total. The highest BCUT2D eigenvalue weighted by molar-refractivity contribution is 6.31. The standard InChI is InChI=1S/C13H12ClN3/c1-7-13-10(6-12(15)16-7)9-5-8(14)3-4-11(9)17(13)2/h3-6H,1-2H3,(H2,15,16).